The molecule has 5 nitrogen and oxygen atoms in total. The maximum Gasteiger partial charge on any atom is 0.228 e. The number of hydrogen-bond acceptors (Lipinski definition) is 3. The molecule has 2 heterocycles. The molecule has 158 valence electrons. The molecule has 4 rings (SSSR count). The minimum Gasteiger partial charge on any atom is -0.368 e. The number of carbonyl (C=O) groups is 2. The zero-order valence-corrected chi connectivity index (χ0v) is 18.4. The van der Waals surface area contributed by atoms with Crippen LogP contribution in [0.3, 0.4) is 0 Å². The van der Waals surface area contributed by atoms with Crippen molar-refractivity contribution in [3.63, 3.8) is 0 Å². The lowest BCUT2D eigenvalue weighted by Crippen LogP contribution is -2.51. The van der Waals surface area contributed by atoms with Gasteiger partial charge in [-0.1, -0.05) is 18.2 Å². The van der Waals surface area contributed by atoms with Gasteiger partial charge in [0.2, 0.25) is 11.8 Å². The molecule has 2 amide bonds. The molecule has 2 aromatic carbocycles. The Bertz CT molecular complexity index is 976. The smallest absolute Gasteiger partial charge is 0.228 e. The molecule has 0 saturated carbocycles. The van der Waals surface area contributed by atoms with Crippen LogP contribution in [-0.2, 0) is 9.59 Å². The largest absolute Gasteiger partial charge is 0.368 e. The van der Waals surface area contributed by atoms with E-state index in [4.69, 9.17) is 0 Å². The summed E-state index contributed by atoms with van der Waals surface area (Å²) in [5.74, 6) is -0.0766. The van der Waals surface area contributed by atoms with Crippen molar-refractivity contribution in [1.82, 2.24) is 4.90 Å². The van der Waals surface area contributed by atoms with Gasteiger partial charge in [0.05, 0.1) is 5.92 Å². The van der Waals surface area contributed by atoms with E-state index in [9.17, 15) is 9.59 Å². The number of anilines is 2. The third-order valence-corrected chi connectivity index (χ3v) is 6.78. The molecule has 2 fully saturated rings. The van der Waals surface area contributed by atoms with Crippen LogP contribution in [-0.4, -0.2) is 49.4 Å². The van der Waals surface area contributed by atoms with Crippen molar-refractivity contribution in [3.8, 4) is 0 Å². The van der Waals surface area contributed by atoms with Crippen LogP contribution in [0.4, 0.5) is 11.4 Å². The lowest BCUT2D eigenvalue weighted by molar-refractivity contribution is -0.136. The minimum absolute atomic E-state index is 0.0469. The zero-order valence-electron chi connectivity index (χ0n) is 18.4. The molecule has 0 N–H and O–H groups in total. The van der Waals surface area contributed by atoms with Gasteiger partial charge in [-0.05, 0) is 68.1 Å². The molecule has 0 aliphatic carbocycles. The van der Waals surface area contributed by atoms with Gasteiger partial charge in [0.1, 0.15) is 0 Å². The van der Waals surface area contributed by atoms with Crippen LogP contribution in [0.15, 0.2) is 36.4 Å². The molecule has 2 aromatic rings. The molecule has 2 aliphatic heterocycles. The van der Waals surface area contributed by atoms with Gasteiger partial charge in [0, 0.05) is 50.5 Å². The summed E-state index contributed by atoms with van der Waals surface area (Å²) in [5, 5.41) is 0. The Labute approximate surface area is 179 Å². The maximum atomic E-state index is 13.1. The predicted octanol–water partition coefficient (Wildman–Crippen LogP) is 3.62. The SMILES string of the molecule is Cc1ccc(N2CC(C(=O)N3CCN(c4cccc(C)c4C)CC3)CC2=O)cc1C. The third-order valence-electron chi connectivity index (χ3n) is 6.78. The van der Waals surface area contributed by atoms with Gasteiger partial charge >= 0.3 is 0 Å². The normalized spacial score (nSPS) is 19.5. The van der Waals surface area contributed by atoms with Crippen molar-refractivity contribution >= 4 is 23.2 Å². The van der Waals surface area contributed by atoms with Gasteiger partial charge in [0.25, 0.3) is 0 Å². The van der Waals surface area contributed by atoms with Crippen LogP contribution in [0.1, 0.15) is 28.7 Å². The van der Waals surface area contributed by atoms with E-state index < -0.39 is 0 Å². The van der Waals surface area contributed by atoms with Crippen LogP contribution >= 0.6 is 0 Å². The van der Waals surface area contributed by atoms with Gasteiger partial charge in [-0.3, -0.25) is 9.59 Å². The van der Waals surface area contributed by atoms with Crippen molar-refractivity contribution in [2.24, 2.45) is 5.92 Å². The number of rotatable bonds is 3. The Kier molecular flexibility index (Phi) is 5.54. The second kappa shape index (κ2) is 8.13. The van der Waals surface area contributed by atoms with Gasteiger partial charge in [-0.15, -0.1) is 0 Å². The van der Waals surface area contributed by atoms with E-state index in [1.54, 1.807) is 4.90 Å². The zero-order chi connectivity index (χ0) is 21.4. The highest BCUT2D eigenvalue weighted by Crippen LogP contribution is 2.29. The summed E-state index contributed by atoms with van der Waals surface area (Å²) in [7, 11) is 0. The summed E-state index contributed by atoms with van der Waals surface area (Å²) in [6.07, 6.45) is 0.308. The molecule has 1 atom stereocenters. The van der Waals surface area contributed by atoms with E-state index in [1.807, 2.05) is 23.1 Å². The van der Waals surface area contributed by atoms with E-state index >= 15 is 0 Å². The highest BCUT2D eigenvalue weighted by Gasteiger charge is 2.38. The minimum atomic E-state index is -0.244. The fourth-order valence-corrected chi connectivity index (χ4v) is 4.52. The first-order valence-corrected chi connectivity index (χ1v) is 10.8. The summed E-state index contributed by atoms with van der Waals surface area (Å²) < 4.78 is 0. The predicted molar refractivity (Wildman–Crippen MR) is 121 cm³/mol. The summed E-state index contributed by atoms with van der Waals surface area (Å²) in [6.45, 7) is 12.0. The van der Waals surface area contributed by atoms with Crippen LogP contribution in [0.2, 0.25) is 0 Å². The van der Waals surface area contributed by atoms with Crippen molar-refractivity contribution in [2.75, 3.05) is 42.5 Å². The Morgan fingerprint density at radius 3 is 2.33 bits per heavy atom. The number of carbonyl (C=O) groups excluding carboxylic acids is 2. The Balaban J connectivity index is 1.39. The van der Waals surface area contributed by atoms with Crippen molar-refractivity contribution < 1.29 is 9.59 Å². The van der Waals surface area contributed by atoms with E-state index in [2.05, 4.69) is 50.8 Å². The topological polar surface area (TPSA) is 43.9 Å². The molecule has 5 heteroatoms. The Hall–Kier alpha value is -2.82. The van der Waals surface area contributed by atoms with E-state index in [-0.39, 0.29) is 17.7 Å². The molecular weight excluding hydrogens is 374 g/mol. The second-order valence-electron chi connectivity index (χ2n) is 8.71. The van der Waals surface area contributed by atoms with Gasteiger partial charge in [-0.2, -0.15) is 0 Å². The first-order valence-electron chi connectivity index (χ1n) is 10.8. The highest BCUT2D eigenvalue weighted by atomic mass is 16.2. The number of aryl methyl sites for hydroxylation is 3. The molecule has 1 unspecified atom stereocenters. The number of hydrogen-bond donors (Lipinski definition) is 0. The average Bonchev–Trinajstić information content (AvgIpc) is 3.13. The summed E-state index contributed by atoms with van der Waals surface area (Å²) in [6, 6.07) is 12.5. The third kappa shape index (κ3) is 3.81. The van der Waals surface area contributed by atoms with Crippen LogP contribution in [0.5, 0.6) is 0 Å². The number of amides is 2. The van der Waals surface area contributed by atoms with Gasteiger partial charge in [0.15, 0.2) is 0 Å². The molecule has 2 aliphatic rings. The molecule has 0 aromatic heterocycles. The lowest BCUT2D eigenvalue weighted by Gasteiger charge is -2.38. The number of piperazine rings is 1. The quantitative estimate of drug-likeness (QED) is 0.783. The molecule has 2 saturated heterocycles. The van der Waals surface area contributed by atoms with E-state index in [0.717, 1.165) is 24.3 Å². The van der Waals surface area contributed by atoms with Gasteiger partial charge in [-0.25, -0.2) is 0 Å². The molecule has 0 spiro atoms. The lowest BCUT2D eigenvalue weighted by atomic mass is 10.0. The fourth-order valence-electron chi connectivity index (χ4n) is 4.52. The van der Waals surface area contributed by atoms with E-state index in [0.29, 0.717) is 26.1 Å². The van der Waals surface area contributed by atoms with E-state index in [1.165, 1.54) is 22.4 Å². The van der Waals surface area contributed by atoms with Crippen LogP contribution < -0.4 is 9.80 Å². The van der Waals surface area contributed by atoms with Crippen molar-refractivity contribution in [2.45, 2.75) is 34.1 Å². The summed E-state index contributed by atoms with van der Waals surface area (Å²) in [4.78, 5) is 31.9. The average molecular weight is 406 g/mol. The molecule has 30 heavy (non-hydrogen) atoms. The second-order valence-corrected chi connectivity index (χ2v) is 8.71. The number of nitrogens with zero attached hydrogens (tertiary/aromatic N) is 3. The number of benzene rings is 2. The molecular formula is C25H31N3O2. The van der Waals surface area contributed by atoms with Crippen LogP contribution in [0, 0.1) is 33.6 Å². The fraction of sp³-hybridized carbons (Fsp3) is 0.440. The Morgan fingerprint density at radius 1 is 0.900 bits per heavy atom. The Morgan fingerprint density at radius 2 is 1.63 bits per heavy atom. The maximum absolute atomic E-state index is 13.1. The summed E-state index contributed by atoms with van der Waals surface area (Å²) >= 11 is 0. The summed E-state index contributed by atoms with van der Waals surface area (Å²) in [5.41, 5.74) is 7.14. The van der Waals surface area contributed by atoms with Gasteiger partial charge < -0.3 is 14.7 Å². The first-order chi connectivity index (χ1) is 14.3. The van der Waals surface area contributed by atoms with Crippen molar-refractivity contribution in [1.29, 1.82) is 0 Å². The monoisotopic (exact) mass is 405 g/mol. The molecule has 0 bridgehead atoms. The van der Waals surface area contributed by atoms with Crippen molar-refractivity contribution in [3.05, 3.63) is 58.7 Å². The van der Waals surface area contributed by atoms with Crippen LogP contribution in [0.25, 0.3) is 0 Å². The standard InChI is InChI=1S/C25H31N3O2/c1-17-8-9-22(14-19(17)3)28-16-21(15-24(28)29)25(30)27-12-10-26(11-13-27)23-7-5-6-18(2)20(23)4/h5-9,14,21H,10-13,15-16H2,1-4H3. The first kappa shape index (κ1) is 20.5. The molecule has 0 radical (unpaired) electrons. The highest BCUT2D eigenvalue weighted by molar-refractivity contribution is 6.00.